The lowest BCUT2D eigenvalue weighted by Gasteiger charge is -2.25. The summed E-state index contributed by atoms with van der Waals surface area (Å²) in [5.41, 5.74) is 1.77. The molecular weight excluding hydrogens is 320 g/mol. The Labute approximate surface area is 143 Å². The lowest BCUT2D eigenvalue weighted by molar-refractivity contribution is 0.102. The summed E-state index contributed by atoms with van der Waals surface area (Å²) in [6.45, 7) is 4.35. The van der Waals surface area contributed by atoms with Crippen molar-refractivity contribution in [2.24, 2.45) is 0 Å². The Bertz CT molecular complexity index is 1010. The van der Waals surface area contributed by atoms with Crippen LogP contribution in [0.4, 0.5) is 5.82 Å². The van der Waals surface area contributed by atoms with Gasteiger partial charge in [-0.05, 0) is 39.2 Å². The van der Waals surface area contributed by atoms with Gasteiger partial charge in [0.05, 0.1) is 23.3 Å². The molecule has 0 spiro atoms. The highest BCUT2D eigenvalue weighted by molar-refractivity contribution is 6.07. The molecule has 8 nitrogen and oxygen atoms in total. The zero-order valence-corrected chi connectivity index (χ0v) is 14.2. The molecule has 1 aliphatic rings. The Morgan fingerprint density at radius 1 is 1.44 bits per heavy atom. The molecule has 1 saturated carbocycles. The van der Waals surface area contributed by atoms with Crippen LogP contribution in [0.3, 0.4) is 0 Å². The van der Waals surface area contributed by atoms with Gasteiger partial charge in [0.25, 0.3) is 11.5 Å². The van der Waals surface area contributed by atoms with E-state index in [4.69, 9.17) is 0 Å². The molecule has 1 amide bonds. The quantitative estimate of drug-likeness (QED) is 0.761. The zero-order chi connectivity index (χ0) is 17.6. The van der Waals surface area contributed by atoms with E-state index in [0.717, 1.165) is 18.5 Å². The molecule has 0 radical (unpaired) electrons. The second kappa shape index (κ2) is 5.87. The fourth-order valence-corrected chi connectivity index (χ4v) is 3.23. The molecule has 0 unspecified atom stereocenters. The van der Waals surface area contributed by atoms with Crippen molar-refractivity contribution >= 4 is 22.6 Å². The number of pyridine rings is 1. The van der Waals surface area contributed by atoms with Gasteiger partial charge in [-0.1, -0.05) is 0 Å². The number of aromatic nitrogens is 5. The third-order valence-electron chi connectivity index (χ3n) is 4.89. The van der Waals surface area contributed by atoms with E-state index in [9.17, 15) is 9.59 Å². The highest BCUT2D eigenvalue weighted by atomic mass is 16.2. The Morgan fingerprint density at radius 3 is 2.92 bits per heavy atom. The van der Waals surface area contributed by atoms with E-state index in [1.165, 1.54) is 6.42 Å². The molecule has 25 heavy (non-hydrogen) atoms. The number of nitrogens with one attached hydrogen (secondary N) is 2. The third-order valence-corrected chi connectivity index (χ3v) is 4.89. The predicted molar refractivity (Wildman–Crippen MR) is 93.8 cm³/mol. The molecule has 130 valence electrons. The second-order valence-electron chi connectivity index (χ2n) is 6.44. The van der Waals surface area contributed by atoms with Gasteiger partial charge in [-0.2, -0.15) is 10.2 Å². The number of hydrogen-bond acceptors (Lipinski definition) is 4. The van der Waals surface area contributed by atoms with Crippen LogP contribution in [0.25, 0.3) is 10.9 Å². The fraction of sp³-hybridized carbons (Fsp3) is 0.412. The number of carbonyl (C=O) groups is 1. The van der Waals surface area contributed by atoms with Gasteiger partial charge in [-0.3, -0.25) is 19.4 Å². The number of aryl methyl sites for hydroxylation is 1. The van der Waals surface area contributed by atoms with Crippen molar-refractivity contribution in [1.29, 1.82) is 0 Å². The van der Waals surface area contributed by atoms with E-state index in [-0.39, 0.29) is 17.3 Å². The molecule has 8 heteroatoms. The molecule has 2 N–H and O–H groups in total. The molecule has 0 aromatic carbocycles. The number of fused-ring (bicyclic) bond motifs is 1. The van der Waals surface area contributed by atoms with E-state index in [0.29, 0.717) is 29.1 Å². The number of aromatic amines is 1. The first-order chi connectivity index (χ1) is 12.1. The summed E-state index contributed by atoms with van der Waals surface area (Å²) in [6.07, 6.45) is 6.71. The maximum atomic E-state index is 12.7. The van der Waals surface area contributed by atoms with Crippen LogP contribution in [0.15, 0.2) is 23.3 Å². The monoisotopic (exact) mass is 340 g/mol. The van der Waals surface area contributed by atoms with Crippen molar-refractivity contribution in [2.75, 3.05) is 5.32 Å². The van der Waals surface area contributed by atoms with Gasteiger partial charge in [0.15, 0.2) is 5.82 Å². The van der Waals surface area contributed by atoms with Gasteiger partial charge in [0, 0.05) is 18.4 Å². The first-order valence-corrected chi connectivity index (χ1v) is 8.52. The summed E-state index contributed by atoms with van der Waals surface area (Å²) in [6, 6.07) is 2.25. The zero-order valence-electron chi connectivity index (χ0n) is 14.2. The Kier molecular flexibility index (Phi) is 3.67. The maximum absolute atomic E-state index is 12.7. The molecule has 1 aliphatic carbocycles. The number of amides is 1. The van der Waals surface area contributed by atoms with Gasteiger partial charge in [0.2, 0.25) is 0 Å². The van der Waals surface area contributed by atoms with Gasteiger partial charge in [-0.25, -0.2) is 0 Å². The van der Waals surface area contributed by atoms with Crippen LogP contribution < -0.4 is 10.9 Å². The van der Waals surface area contributed by atoms with Gasteiger partial charge >= 0.3 is 0 Å². The number of nitrogens with zero attached hydrogens (tertiary/aromatic N) is 4. The van der Waals surface area contributed by atoms with Crippen molar-refractivity contribution in [3.05, 3.63) is 40.1 Å². The van der Waals surface area contributed by atoms with Crippen LogP contribution in [0.1, 0.15) is 48.3 Å². The minimum atomic E-state index is -0.318. The minimum Gasteiger partial charge on any atom is -0.312 e. The molecule has 3 aromatic rings. The van der Waals surface area contributed by atoms with Crippen LogP contribution in [0.2, 0.25) is 0 Å². The minimum absolute atomic E-state index is 0.160. The van der Waals surface area contributed by atoms with Crippen molar-refractivity contribution in [1.82, 2.24) is 24.5 Å². The lowest BCUT2D eigenvalue weighted by atomic mass is 9.93. The number of rotatable bonds is 4. The average molecular weight is 340 g/mol. The number of carbonyl (C=O) groups excluding carboxylic acids is 1. The SMILES string of the molecule is CCn1c(C)cc2[nH]nc(NC(=O)c3cnn(C4CCC4)c3)c2c1=O. The molecule has 3 heterocycles. The Hall–Kier alpha value is -2.90. The van der Waals surface area contributed by atoms with E-state index >= 15 is 0 Å². The first kappa shape index (κ1) is 15.6. The molecule has 0 aliphatic heterocycles. The smallest absolute Gasteiger partial charge is 0.264 e. The average Bonchev–Trinajstić information content (AvgIpc) is 3.14. The summed E-state index contributed by atoms with van der Waals surface area (Å²) >= 11 is 0. The molecule has 3 aromatic heterocycles. The molecule has 1 fully saturated rings. The summed E-state index contributed by atoms with van der Waals surface area (Å²) < 4.78 is 3.50. The standard InChI is InChI=1S/C17H20N6O2/c1-3-22-10(2)7-13-14(17(22)25)15(21-20-13)19-16(24)11-8-18-23(9-11)12-5-4-6-12/h7-9,12H,3-6H2,1-2H3,(H2,19,20,21,24). The van der Waals surface area contributed by atoms with Crippen LogP contribution in [-0.4, -0.2) is 30.5 Å². The summed E-state index contributed by atoms with van der Waals surface area (Å²) in [5, 5.41) is 14.3. The maximum Gasteiger partial charge on any atom is 0.264 e. The number of H-pyrrole nitrogens is 1. The van der Waals surface area contributed by atoms with Crippen LogP contribution >= 0.6 is 0 Å². The van der Waals surface area contributed by atoms with E-state index < -0.39 is 0 Å². The number of hydrogen-bond donors (Lipinski definition) is 2. The first-order valence-electron chi connectivity index (χ1n) is 8.52. The van der Waals surface area contributed by atoms with Gasteiger partial charge in [-0.15, -0.1) is 0 Å². The topological polar surface area (TPSA) is 97.6 Å². The van der Waals surface area contributed by atoms with E-state index in [2.05, 4.69) is 20.6 Å². The fourth-order valence-electron chi connectivity index (χ4n) is 3.23. The lowest BCUT2D eigenvalue weighted by Crippen LogP contribution is -2.22. The molecule has 0 saturated heterocycles. The summed E-state index contributed by atoms with van der Waals surface area (Å²) in [7, 11) is 0. The highest BCUT2D eigenvalue weighted by Gasteiger charge is 2.22. The van der Waals surface area contributed by atoms with Crippen molar-refractivity contribution in [3.63, 3.8) is 0 Å². The Balaban J connectivity index is 1.65. The largest absolute Gasteiger partial charge is 0.312 e. The predicted octanol–water partition coefficient (Wildman–Crippen LogP) is 2.23. The van der Waals surface area contributed by atoms with Crippen LogP contribution in [-0.2, 0) is 6.54 Å². The van der Waals surface area contributed by atoms with Crippen LogP contribution in [0, 0.1) is 6.92 Å². The van der Waals surface area contributed by atoms with Crippen molar-refractivity contribution in [3.8, 4) is 0 Å². The van der Waals surface area contributed by atoms with Crippen LogP contribution in [0.5, 0.6) is 0 Å². The number of anilines is 1. The van der Waals surface area contributed by atoms with E-state index in [1.807, 2.05) is 24.6 Å². The van der Waals surface area contributed by atoms with Crippen molar-refractivity contribution < 1.29 is 4.79 Å². The molecule has 4 rings (SSSR count). The molecular formula is C17H20N6O2. The summed E-state index contributed by atoms with van der Waals surface area (Å²) in [4.78, 5) is 25.2. The highest BCUT2D eigenvalue weighted by Crippen LogP contribution is 2.30. The second-order valence-corrected chi connectivity index (χ2v) is 6.44. The van der Waals surface area contributed by atoms with E-state index in [1.54, 1.807) is 17.0 Å². The summed E-state index contributed by atoms with van der Waals surface area (Å²) in [5.74, 6) is -0.0643. The molecule has 0 bridgehead atoms. The third kappa shape index (κ3) is 2.54. The van der Waals surface area contributed by atoms with Gasteiger partial charge in [0.1, 0.15) is 5.39 Å². The van der Waals surface area contributed by atoms with Gasteiger partial charge < -0.3 is 9.88 Å². The Morgan fingerprint density at radius 2 is 2.24 bits per heavy atom. The molecule has 0 atom stereocenters. The van der Waals surface area contributed by atoms with Crippen molar-refractivity contribution in [2.45, 2.75) is 45.7 Å². The normalized spacial score (nSPS) is 14.6.